The fourth-order valence-corrected chi connectivity index (χ4v) is 1.44. The summed E-state index contributed by atoms with van der Waals surface area (Å²) in [6, 6.07) is 0. The maximum absolute atomic E-state index is 11.4. The Labute approximate surface area is 79.9 Å². The van der Waals surface area contributed by atoms with E-state index in [1.807, 2.05) is 13.8 Å². The van der Waals surface area contributed by atoms with Gasteiger partial charge in [-0.3, -0.25) is 4.79 Å². The van der Waals surface area contributed by atoms with Crippen molar-refractivity contribution in [3.05, 3.63) is 12.7 Å². The molecule has 0 aliphatic rings. The van der Waals surface area contributed by atoms with E-state index in [1.165, 1.54) is 7.11 Å². The number of nitrogens with two attached hydrogens (primary N) is 1. The molecule has 0 aromatic rings. The van der Waals surface area contributed by atoms with Crippen LogP contribution in [0.2, 0.25) is 0 Å². The van der Waals surface area contributed by atoms with Gasteiger partial charge in [-0.25, -0.2) is 0 Å². The summed E-state index contributed by atoms with van der Waals surface area (Å²) in [6.07, 6.45) is 2.73. The van der Waals surface area contributed by atoms with Crippen LogP contribution >= 0.6 is 0 Å². The average Bonchev–Trinajstić information content (AvgIpc) is 2.02. The molecule has 0 aliphatic carbocycles. The number of rotatable bonds is 5. The summed E-state index contributed by atoms with van der Waals surface area (Å²) >= 11 is 0. The molecule has 0 aromatic carbocycles. The predicted octanol–water partition coefficient (Wildman–Crippen LogP) is 1.48. The summed E-state index contributed by atoms with van der Waals surface area (Å²) in [5.74, 6) is 0.00477. The average molecular weight is 185 g/mol. The van der Waals surface area contributed by atoms with Gasteiger partial charge in [0.05, 0.1) is 7.11 Å². The Morgan fingerprint density at radius 2 is 2.23 bits per heavy atom. The summed E-state index contributed by atoms with van der Waals surface area (Å²) in [6.45, 7) is 7.62. The van der Waals surface area contributed by atoms with Gasteiger partial charge in [0, 0.05) is 0 Å². The van der Waals surface area contributed by atoms with Crippen molar-refractivity contribution in [2.75, 3.05) is 7.11 Å². The highest BCUT2D eigenvalue weighted by Crippen LogP contribution is 2.19. The van der Waals surface area contributed by atoms with Crippen LogP contribution in [0.15, 0.2) is 12.7 Å². The van der Waals surface area contributed by atoms with Gasteiger partial charge in [-0.15, -0.1) is 6.58 Å². The normalized spacial score (nSPS) is 15.2. The molecule has 2 N–H and O–H groups in total. The van der Waals surface area contributed by atoms with Crippen molar-refractivity contribution in [2.45, 2.75) is 32.2 Å². The zero-order valence-corrected chi connectivity index (χ0v) is 8.67. The molecule has 13 heavy (non-hydrogen) atoms. The molecule has 1 atom stereocenters. The molecule has 0 rings (SSSR count). The van der Waals surface area contributed by atoms with E-state index < -0.39 is 5.54 Å². The number of hydrogen-bond donors (Lipinski definition) is 1. The highest BCUT2D eigenvalue weighted by atomic mass is 16.5. The first-order valence-electron chi connectivity index (χ1n) is 4.44. The second-order valence-electron chi connectivity index (χ2n) is 3.74. The van der Waals surface area contributed by atoms with E-state index >= 15 is 0 Å². The fourth-order valence-electron chi connectivity index (χ4n) is 1.44. The molecular weight excluding hydrogens is 166 g/mol. The number of carbonyl (C=O) groups is 1. The Hall–Kier alpha value is -0.830. The largest absolute Gasteiger partial charge is 0.468 e. The topological polar surface area (TPSA) is 52.3 Å². The standard InChI is InChI=1S/C10H19NO2/c1-5-6-10(11,7-8(2)3)9(12)13-4/h5,8H,1,6-7,11H2,2-4H3/t10-/m1/s1. The minimum atomic E-state index is -0.898. The van der Waals surface area contributed by atoms with E-state index in [9.17, 15) is 4.79 Å². The Bertz CT molecular complexity index is 189. The van der Waals surface area contributed by atoms with E-state index in [0.29, 0.717) is 18.8 Å². The Balaban J connectivity index is 4.50. The Morgan fingerprint density at radius 3 is 2.54 bits per heavy atom. The van der Waals surface area contributed by atoms with Crippen molar-refractivity contribution in [3.63, 3.8) is 0 Å². The lowest BCUT2D eigenvalue weighted by Crippen LogP contribution is -2.49. The van der Waals surface area contributed by atoms with Gasteiger partial charge in [-0.1, -0.05) is 19.9 Å². The maximum atomic E-state index is 11.4. The van der Waals surface area contributed by atoms with Crippen LogP contribution in [0.3, 0.4) is 0 Å². The van der Waals surface area contributed by atoms with Crippen LogP contribution in [-0.2, 0) is 9.53 Å². The van der Waals surface area contributed by atoms with Gasteiger partial charge in [-0.2, -0.15) is 0 Å². The first-order chi connectivity index (χ1) is 5.96. The van der Waals surface area contributed by atoms with Crippen molar-refractivity contribution in [2.24, 2.45) is 11.7 Å². The van der Waals surface area contributed by atoms with E-state index in [0.717, 1.165) is 0 Å². The van der Waals surface area contributed by atoms with Crippen molar-refractivity contribution in [3.8, 4) is 0 Å². The second-order valence-corrected chi connectivity index (χ2v) is 3.74. The van der Waals surface area contributed by atoms with E-state index in [1.54, 1.807) is 6.08 Å². The molecule has 3 heteroatoms. The lowest BCUT2D eigenvalue weighted by molar-refractivity contribution is -0.147. The summed E-state index contributed by atoms with van der Waals surface area (Å²) in [4.78, 5) is 11.4. The molecule has 0 saturated heterocycles. The van der Waals surface area contributed by atoms with Crippen molar-refractivity contribution in [1.82, 2.24) is 0 Å². The van der Waals surface area contributed by atoms with Crippen LogP contribution in [0.5, 0.6) is 0 Å². The number of methoxy groups -OCH3 is 1. The predicted molar refractivity (Wildman–Crippen MR) is 53.2 cm³/mol. The molecule has 0 unspecified atom stereocenters. The fraction of sp³-hybridized carbons (Fsp3) is 0.700. The quantitative estimate of drug-likeness (QED) is 0.521. The minimum absolute atomic E-state index is 0.360. The van der Waals surface area contributed by atoms with Crippen molar-refractivity contribution in [1.29, 1.82) is 0 Å². The molecular formula is C10H19NO2. The number of hydrogen-bond acceptors (Lipinski definition) is 3. The zero-order chi connectivity index (χ0) is 10.5. The molecule has 0 radical (unpaired) electrons. The number of ether oxygens (including phenoxy) is 1. The third-order valence-corrected chi connectivity index (χ3v) is 1.87. The van der Waals surface area contributed by atoms with Gasteiger partial charge in [0.25, 0.3) is 0 Å². The first kappa shape index (κ1) is 12.2. The molecule has 0 amide bonds. The molecule has 76 valence electrons. The molecule has 0 heterocycles. The van der Waals surface area contributed by atoms with Crippen LogP contribution < -0.4 is 5.73 Å². The van der Waals surface area contributed by atoms with Crippen LogP contribution in [-0.4, -0.2) is 18.6 Å². The lowest BCUT2D eigenvalue weighted by Gasteiger charge is -2.26. The molecule has 0 aliphatic heterocycles. The van der Waals surface area contributed by atoms with Gasteiger partial charge in [0.15, 0.2) is 0 Å². The third-order valence-electron chi connectivity index (χ3n) is 1.87. The Kier molecular flexibility index (Phi) is 4.70. The molecule has 0 aromatic heterocycles. The van der Waals surface area contributed by atoms with Gasteiger partial charge in [0.1, 0.15) is 5.54 Å². The molecule has 0 fully saturated rings. The first-order valence-corrected chi connectivity index (χ1v) is 4.44. The molecule has 0 saturated carbocycles. The monoisotopic (exact) mass is 185 g/mol. The van der Waals surface area contributed by atoms with Gasteiger partial charge in [0.2, 0.25) is 0 Å². The maximum Gasteiger partial charge on any atom is 0.326 e. The summed E-state index contributed by atoms with van der Waals surface area (Å²) < 4.78 is 4.66. The number of carbonyl (C=O) groups excluding carboxylic acids is 1. The summed E-state index contributed by atoms with van der Waals surface area (Å²) in [5.41, 5.74) is 5.02. The molecule has 3 nitrogen and oxygen atoms in total. The lowest BCUT2D eigenvalue weighted by atomic mass is 9.87. The van der Waals surface area contributed by atoms with E-state index in [2.05, 4.69) is 11.3 Å². The van der Waals surface area contributed by atoms with Crippen LogP contribution in [0.4, 0.5) is 0 Å². The highest BCUT2D eigenvalue weighted by molar-refractivity contribution is 5.80. The highest BCUT2D eigenvalue weighted by Gasteiger charge is 2.34. The van der Waals surface area contributed by atoms with Gasteiger partial charge in [-0.05, 0) is 18.8 Å². The second kappa shape index (κ2) is 5.02. The molecule has 0 spiro atoms. The smallest absolute Gasteiger partial charge is 0.326 e. The van der Waals surface area contributed by atoms with Crippen molar-refractivity contribution < 1.29 is 9.53 Å². The zero-order valence-electron chi connectivity index (χ0n) is 8.67. The minimum Gasteiger partial charge on any atom is -0.468 e. The summed E-state index contributed by atoms with van der Waals surface area (Å²) in [7, 11) is 1.35. The number of esters is 1. The van der Waals surface area contributed by atoms with Gasteiger partial charge >= 0.3 is 5.97 Å². The van der Waals surface area contributed by atoms with Crippen LogP contribution in [0.1, 0.15) is 26.7 Å². The van der Waals surface area contributed by atoms with Crippen LogP contribution in [0.25, 0.3) is 0 Å². The Morgan fingerprint density at radius 1 is 1.69 bits per heavy atom. The van der Waals surface area contributed by atoms with E-state index in [-0.39, 0.29) is 5.97 Å². The van der Waals surface area contributed by atoms with Gasteiger partial charge < -0.3 is 10.5 Å². The van der Waals surface area contributed by atoms with E-state index in [4.69, 9.17) is 5.73 Å². The van der Waals surface area contributed by atoms with Crippen molar-refractivity contribution >= 4 is 5.97 Å². The SMILES string of the molecule is C=CC[C@@](N)(CC(C)C)C(=O)OC. The summed E-state index contributed by atoms with van der Waals surface area (Å²) in [5, 5.41) is 0. The van der Waals surface area contributed by atoms with Crippen LogP contribution in [0, 0.1) is 5.92 Å². The molecule has 0 bridgehead atoms. The third kappa shape index (κ3) is 3.59.